The van der Waals surface area contributed by atoms with Crippen molar-refractivity contribution in [1.82, 2.24) is 5.32 Å². The van der Waals surface area contributed by atoms with Crippen LogP contribution in [0.5, 0.6) is 23.0 Å². The van der Waals surface area contributed by atoms with Gasteiger partial charge in [-0.1, -0.05) is 23.7 Å². The number of carbonyl (C=O) groups excluding carboxylic acids is 1. The second-order valence-corrected chi connectivity index (χ2v) is 8.41. The fourth-order valence-corrected chi connectivity index (χ4v) is 4.00. The van der Waals surface area contributed by atoms with Crippen LogP contribution >= 0.6 is 11.6 Å². The molecule has 7 nitrogen and oxygen atoms in total. The lowest BCUT2D eigenvalue weighted by Crippen LogP contribution is -2.25. The average Bonchev–Trinajstić information content (AvgIpc) is 2.85. The average molecular weight is 518 g/mol. The van der Waals surface area contributed by atoms with E-state index in [1.54, 1.807) is 48.5 Å². The molecule has 10 heteroatoms. The summed E-state index contributed by atoms with van der Waals surface area (Å²) in [5.41, 5.74) is 1.80. The Morgan fingerprint density at radius 3 is 2.44 bits per heavy atom. The van der Waals surface area contributed by atoms with Gasteiger partial charge in [-0.3, -0.25) is 9.59 Å². The van der Waals surface area contributed by atoms with Crippen LogP contribution in [0.4, 0.5) is 8.78 Å². The topological polar surface area (TPSA) is 94.1 Å². The maximum Gasteiger partial charge on any atom is 0.387 e. The quantitative estimate of drug-likeness (QED) is 0.380. The lowest BCUT2D eigenvalue weighted by molar-refractivity contribution is -0.139. The highest BCUT2D eigenvalue weighted by Gasteiger charge is 2.29. The van der Waals surface area contributed by atoms with Gasteiger partial charge in [0.1, 0.15) is 23.0 Å². The van der Waals surface area contributed by atoms with Crippen molar-refractivity contribution in [3.63, 3.8) is 0 Å². The molecule has 2 N–H and O–H groups in total. The summed E-state index contributed by atoms with van der Waals surface area (Å²) in [5, 5.41) is 12.5. The lowest BCUT2D eigenvalue weighted by Gasteiger charge is -2.24. The molecule has 0 saturated heterocycles. The maximum absolute atomic E-state index is 12.4. The molecule has 188 valence electrons. The fraction of sp³-hybridized carbons (Fsp3) is 0.231. The molecule has 3 aromatic carbocycles. The van der Waals surface area contributed by atoms with Crippen molar-refractivity contribution < 1.29 is 37.7 Å². The number of nitrogens with one attached hydrogen (secondary N) is 1. The van der Waals surface area contributed by atoms with Crippen LogP contribution in [0.15, 0.2) is 60.7 Å². The number of ether oxygens (including phenoxy) is 3. The van der Waals surface area contributed by atoms with Gasteiger partial charge in [0.25, 0.3) is 5.91 Å². The van der Waals surface area contributed by atoms with Crippen molar-refractivity contribution in [2.45, 2.75) is 25.4 Å². The molecular weight excluding hydrogens is 496 g/mol. The number of amides is 1. The van der Waals surface area contributed by atoms with E-state index in [1.165, 1.54) is 12.1 Å². The monoisotopic (exact) mass is 517 g/mol. The third-order valence-electron chi connectivity index (χ3n) is 5.59. The number of aliphatic carboxylic acids is 1. The molecule has 1 heterocycles. The smallest absolute Gasteiger partial charge is 0.387 e. The summed E-state index contributed by atoms with van der Waals surface area (Å²) in [6.07, 6.45) is 0.883. The van der Waals surface area contributed by atoms with Gasteiger partial charge in [-0.2, -0.15) is 8.78 Å². The molecule has 36 heavy (non-hydrogen) atoms. The van der Waals surface area contributed by atoms with E-state index < -0.39 is 18.5 Å². The number of alkyl halides is 2. The van der Waals surface area contributed by atoms with Gasteiger partial charge in [0.05, 0.1) is 17.5 Å². The Balaban J connectivity index is 1.32. The van der Waals surface area contributed by atoms with Gasteiger partial charge in [-0.05, 0) is 60.9 Å². The summed E-state index contributed by atoms with van der Waals surface area (Å²) in [7, 11) is 0. The minimum Gasteiger partial charge on any atom is -0.493 e. The van der Waals surface area contributed by atoms with E-state index in [9.17, 15) is 23.5 Å². The van der Waals surface area contributed by atoms with Gasteiger partial charge < -0.3 is 24.6 Å². The molecule has 0 saturated carbocycles. The zero-order valence-electron chi connectivity index (χ0n) is 18.9. The Bertz CT molecular complexity index is 1230. The largest absolute Gasteiger partial charge is 0.493 e. The molecule has 0 fully saturated rings. The molecule has 3 aromatic rings. The zero-order valence-corrected chi connectivity index (χ0v) is 19.6. The predicted octanol–water partition coefficient (Wildman–Crippen LogP) is 5.66. The molecule has 0 spiro atoms. The molecule has 0 radical (unpaired) electrons. The summed E-state index contributed by atoms with van der Waals surface area (Å²) in [4.78, 5) is 23.9. The summed E-state index contributed by atoms with van der Waals surface area (Å²) < 4.78 is 40.2. The maximum atomic E-state index is 12.4. The van der Waals surface area contributed by atoms with Crippen LogP contribution < -0.4 is 19.5 Å². The lowest BCUT2D eigenvalue weighted by atomic mass is 9.93. The van der Waals surface area contributed by atoms with Gasteiger partial charge in [0, 0.05) is 23.7 Å². The highest BCUT2D eigenvalue weighted by atomic mass is 35.5. The van der Waals surface area contributed by atoms with Crippen molar-refractivity contribution >= 4 is 23.5 Å². The van der Waals surface area contributed by atoms with Crippen LogP contribution in [0.3, 0.4) is 0 Å². The van der Waals surface area contributed by atoms with Gasteiger partial charge in [0.15, 0.2) is 0 Å². The van der Waals surface area contributed by atoms with Gasteiger partial charge in [-0.15, -0.1) is 0 Å². The van der Waals surface area contributed by atoms with Gasteiger partial charge >= 0.3 is 12.6 Å². The van der Waals surface area contributed by atoms with Crippen LogP contribution in [0, 0.1) is 0 Å². The predicted molar refractivity (Wildman–Crippen MR) is 128 cm³/mol. The number of carbonyl (C=O) groups is 2. The first-order chi connectivity index (χ1) is 17.3. The summed E-state index contributed by atoms with van der Waals surface area (Å²) in [6.45, 7) is -2.23. The van der Waals surface area contributed by atoms with Crippen LogP contribution in [-0.2, 0) is 11.2 Å². The first-order valence-corrected chi connectivity index (χ1v) is 11.5. The van der Waals surface area contributed by atoms with E-state index in [4.69, 9.17) is 21.1 Å². The minimum atomic E-state index is -2.87. The molecule has 1 atom stereocenters. The Kier molecular flexibility index (Phi) is 7.90. The molecule has 1 aliphatic rings. The summed E-state index contributed by atoms with van der Waals surface area (Å²) in [6, 6.07) is 15.8. The van der Waals surface area contributed by atoms with E-state index >= 15 is 0 Å². The third-order valence-corrected chi connectivity index (χ3v) is 5.89. The molecule has 0 bridgehead atoms. The van der Waals surface area contributed by atoms with Crippen molar-refractivity contribution in [3.8, 4) is 23.0 Å². The van der Waals surface area contributed by atoms with Gasteiger partial charge in [0.2, 0.25) is 0 Å². The third kappa shape index (κ3) is 6.23. The Labute approximate surface area is 210 Å². The number of benzene rings is 3. The second kappa shape index (κ2) is 11.3. The molecular formula is C26H22ClF2NO6. The summed E-state index contributed by atoms with van der Waals surface area (Å²) >= 11 is 6.32. The SMILES string of the molecule is O=C(NCCc1ccc(OC(F)F)cc1)c1ccc(Oc2cc3c(cc2Cl)C(C(=O)O)CCO3)cc1. The Hall–Kier alpha value is -3.85. The van der Waals surface area contributed by atoms with Crippen LogP contribution in [-0.4, -0.2) is 36.7 Å². The minimum absolute atomic E-state index is 0.0775. The number of carboxylic acids is 1. The van der Waals surface area contributed by atoms with Crippen molar-refractivity contribution in [2.24, 2.45) is 0 Å². The fourth-order valence-electron chi connectivity index (χ4n) is 3.79. The number of hydrogen-bond acceptors (Lipinski definition) is 5. The number of rotatable bonds is 9. The molecule has 0 aromatic heterocycles. The Morgan fingerprint density at radius 1 is 1.08 bits per heavy atom. The first-order valence-electron chi connectivity index (χ1n) is 11.1. The van der Waals surface area contributed by atoms with E-state index in [2.05, 4.69) is 10.1 Å². The number of carboxylic acid groups (broad SMARTS) is 1. The highest BCUT2D eigenvalue weighted by Crippen LogP contribution is 2.41. The Morgan fingerprint density at radius 2 is 1.78 bits per heavy atom. The zero-order chi connectivity index (χ0) is 25.7. The van der Waals surface area contributed by atoms with Gasteiger partial charge in [-0.25, -0.2) is 0 Å². The highest BCUT2D eigenvalue weighted by molar-refractivity contribution is 6.32. The van der Waals surface area contributed by atoms with Crippen molar-refractivity contribution in [3.05, 3.63) is 82.4 Å². The number of hydrogen-bond donors (Lipinski definition) is 2. The number of halogens is 3. The number of fused-ring (bicyclic) bond motifs is 1. The first kappa shape index (κ1) is 25.2. The van der Waals surface area contributed by atoms with Crippen LogP contribution in [0.25, 0.3) is 0 Å². The standard InChI is InChI=1S/C26H22ClF2NO6/c27-21-13-20-19(25(32)33)10-12-34-22(20)14-23(21)35-17-7-3-16(4-8-17)24(31)30-11-9-15-1-5-18(6-2-15)36-26(28)29/h1-8,13-14,19,26H,9-12H2,(H,30,31)(H,32,33). The van der Waals surface area contributed by atoms with Crippen molar-refractivity contribution in [1.29, 1.82) is 0 Å². The van der Waals surface area contributed by atoms with Crippen LogP contribution in [0.2, 0.25) is 5.02 Å². The molecule has 4 rings (SSSR count). The van der Waals surface area contributed by atoms with E-state index in [-0.39, 0.29) is 23.3 Å². The molecule has 1 unspecified atom stereocenters. The van der Waals surface area contributed by atoms with E-state index in [0.29, 0.717) is 47.8 Å². The van der Waals surface area contributed by atoms with Crippen LogP contribution in [0.1, 0.15) is 33.8 Å². The molecule has 1 amide bonds. The van der Waals surface area contributed by atoms with E-state index in [0.717, 1.165) is 5.56 Å². The van der Waals surface area contributed by atoms with E-state index in [1.807, 2.05) is 0 Å². The summed E-state index contributed by atoms with van der Waals surface area (Å²) in [5.74, 6) is -0.658. The molecule has 1 aliphatic heterocycles. The normalized spacial score (nSPS) is 14.5. The van der Waals surface area contributed by atoms with Crippen molar-refractivity contribution in [2.75, 3.05) is 13.2 Å². The second-order valence-electron chi connectivity index (χ2n) is 8.00. The molecule has 0 aliphatic carbocycles.